The fraction of sp³-hybridized carbons (Fsp3) is 0.148. The second-order valence-corrected chi connectivity index (χ2v) is 10.4. The van der Waals surface area contributed by atoms with Gasteiger partial charge in [-0.2, -0.15) is 5.26 Å². The molecule has 0 fully saturated rings. The molecule has 0 unspecified atom stereocenters. The first kappa shape index (κ1) is 25.9. The Morgan fingerprint density at radius 2 is 1.79 bits per heavy atom. The Morgan fingerprint density at radius 1 is 1.05 bits per heavy atom. The first-order chi connectivity index (χ1) is 18.5. The normalized spacial score (nSPS) is 11.0. The van der Waals surface area contributed by atoms with Crippen molar-refractivity contribution < 1.29 is 9.84 Å². The summed E-state index contributed by atoms with van der Waals surface area (Å²) in [6, 6.07) is 17.1. The number of rotatable bonds is 8. The van der Waals surface area contributed by atoms with Gasteiger partial charge in [-0.1, -0.05) is 47.6 Å². The summed E-state index contributed by atoms with van der Waals surface area (Å²) in [7, 11) is 0. The third-order valence-electron chi connectivity index (χ3n) is 5.57. The molecule has 0 saturated carbocycles. The maximum atomic E-state index is 10.2. The fourth-order valence-corrected chi connectivity index (χ4v) is 5.84. The molecule has 5 rings (SSSR count). The molecule has 0 saturated heterocycles. The largest absolute Gasteiger partial charge is 0.491 e. The van der Waals surface area contributed by atoms with Crippen molar-refractivity contribution in [1.82, 2.24) is 19.9 Å². The van der Waals surface area contributed by atoms with Crippen LogP contribution in [0.2, 0.25) is 5.02 Å². The monoisotopic (exact) mass is 560 g/mol. The molecule has 0 bridgehead atoms. The molecule has 3 heterocycles. The minimum atomic E-state index is -0.0800. The Balaban J connectivity index is 1.53. The van der Waals surface area contributed by atoms with Gasteiger partial charge in [-0.15, -0.1) is 11.3 Å². The van der Waals surface area contributed by atoms with E-state index < -0.39 is 0 Å². The number of halogens is 1. The van der Waals surface area contributed by atoms with E-state index in [-0.39, 0.29) is 19.0 Å². The molecule has 38 heavy (non-hydrogen) atoms. The first-order valence-electron chi connectivity index (χ1n) is 11.5. The molecule has 5 aromatic rings. The lowest BCUT2D eigenvalue weighted by molar-refractivity contribution is 0.201. The van der Waals surface area contributed by atoms with Crippen LogP contribution in [0.5, 0.6) is 5.75 Å². The number of nitrogens with two attached hydrogens (primary N) is 1. The number of aryl methyl sites for hydroxylation is 1. The Hall–Kier alpha value is -3.75. The van der Waals surface area contributed by atoms with Gasteiger partial charge in [0.15, 0.2) is 5.65 Å². The summed E-state index contributed by atoms with van der Waals surface area (Å²) in [6.45, 7) is 1.87. The Kier molecular flexibility index (Phi) is 7.72. The van der Waals surface area contributed by atoms with Crippen LogP contribution >= 0.6 is 34.7 Å². The lowest BCUT2D eigenvalue weighted by atomic mass is 9.98. The summed E-state index contributed by atoms with van der Waals surface area (Å²) in [4.78, 5) is 18.3. The van der Waals surface area contributed by atoms with Crippen LogP contribution in [-0.4, -0.2) is 38.3 Å². The molecule has 3 N–H and O–H groups in total. The van der Waals surface area contributed by atoms with Gasteiger partial charge in [-0.25, -0.2) is 19.9 Å². The van der Waals surface area contributed by atoms with Crippen LogP contribution in [0.1, 0.15) is 17.1 Å². The highest BCUT2D eigenvalue weighted by Crippen LogP contribution is 2.39. The van der Waals surface area contributed by atoms with Crippen molar-refractivity contribution in [2.45, 2.75) is 17.7 Å². The topological polar surface area (TPSA) is 131 Å². The molecule has 3 aromatic heterocycles. The van der Waals surface area contributed by atoms with Gasteiger partial charge in [-0.05, 0) is 36.8 Å². The van der Waals surface area contributed by atoms with Crippen LogP contribution in [-0.2, 0) is 5.75 Å². The molecule has 0 aliphatic heterocycles. The number of fused-ring (bicyclic) bond motifs is 1. The number of aliphatic hydroxyl groups is 1. The number of hydrogen-bond acceptors (Lipinski definition) is 10. The average molecular weight is 561 g/mol. The number of aromatic nitrogens is 4. The number of nitrogen functional groups attached to an aromatic ring is 1. The second kappa shape index (κ2) is 11.3. The predicted octanol–water partition coefficient (Wildman–Crippen LogP) is 5.89. The van der Waals surface area contributed by atoms with Gasteiger partial charge in [0, 0.05) is 27.3 Å². The van der Waals surface area contributed by atoms with E-state index in [0.29, 0.717) is 49.5 Å². The van der Waals surface area contributed by atoms with Gasteiger partial charge < -0.3 is 15.6 Å². The number of ether oxygens (including phenoxy) is 1. The lowest BCUT2D eigenvalue weighted by Crippen LogP contribution is -2.04. The van der Waals surface area contributed by atoms with Gasteiger partial charge in [-0.3, -0.25) is 0 Å². The van der Waals surface area contributed by atoms with E-state index in [0.717, 1.165) is 21.8 Å². The van der Waals surface area contributed by atoms with E-state index in [1.54, 1.807) is 30.4 Å². The third-order valence-corrected chi connectivity index (χ3v) is 7.77. The van der Waals surface area contributed by atoms with Crippen molar-refractivity contribution >= 4 is 51.6 Å². The summed E-state index contributed by atoms with van der Waals surface area (Å²) >= 11 is 8.98. The minimum absolute atomic E-state index is 0.0800. The molecule has 0 atom stereocenters. The van der Waals surface area contributed by atoms with E-state index in [9.17, 15) is 5.26 Å². The fourth-order valence-electron chi connectivity index (χ4n) is 3.90. The van der Waals surface area contributed by atoms with Gasteiger partial charge in [0.25, 0.3) is 0 Å². The van der Waals surface area contributed by atoms with E-state index in [1.165, 1.54) is 11.8 Å². The molecule has 0 aliphatic rings. The summed E-state index contributed by atoms with van der Waals surface area (Å²) < 4.78 is 5.49. The number of pyridine rings is 1. The van der Waals surface area contributed by atoms with Crippen LogP contribution < -0.4 is 10.5 Å². The number of thiazole rings is 1. The van der Waals surface area contributed by atoms with Gasteiger partial charge in [0.1, 0.15) is 40.1 Å². The molecular weight excluding hydrogens is 540 g/mol. The molecule has 0 aliphatic carbocycles. The van der Waals surface area contributed by atoms with Gasteiger partial charge in [0.05, 0.1) is 23.3 Å². The number of aliphatic hydroxyl groups excluding tert-OH is 1. The van der Waals surface area contributed by atoms with Gasteiger partial charge >= 0.3 is 0 Å². The van der Waals surface area contributed by atoms with Crippen molar-refractivity contribution in [1.29, 1.82) is 5.26 Å². The van der Waals surface area contributed by atoms with Crippen molar-refractivity contribution in [2.24, 2.45) is 0 Å². The van der Waals surface area contributed by atoms with E-state index >= 15 is 0 Å². The lowest BCUT2D eigenvalue weighted by Gasteiger charge is -2.14. The quantitative estimate of drug-likeness (QED) is 0.223. The van der Waals surface area contributed by atoms with Gasteiger partial charge in [0.2, 0.25) is 0 Å². The number of hydrogen-bond donors (Lipinski definition) is 2. The van der Waals surface area contributed by atoms with Crippen LogP contribution in [0.4, 0.5) is 5.82 Å². The van der Waals surface area contributed by atoms with Crippen LogP contribution in [0.15, 0.2) is 58.9 Å². The molecular formula is C27H21ClN6O2S2. The maximum Gasteiger partial charge on any atom is 0.166 e. The number of thioether (sulfide) groups is 1. The Morgan fingerprint density at radius 3 is 2.50 bits per heavy atom. The predicted molar refractivity (Wildman–Crippen MR) is 151 cm³/mol. The van der Waals surface area contributed by atoms with Crippen molar-refractivity contribution in [3.05, 3.63) is 76.0 Å². The SMILES string of the molecule is Cc1nc(N)c2c(-c3ccc(OCCO)cc3)c(C#N)c(SCc3csc(-c4ccc(Cl)cc4)n3)nc2n1. The van der Waals surface area contributed by atoms with Crippen LogP contribution in [0, 0.1) is 18.3 Å². The van der Waals surface area contributed by atoms with Crippen LogP contribution in [0.3, 0.4) is 0 Å². The average Bonchev–Trinajstić information content (AvgIpc) is 3.39. The Bertz CT molecular complexity index is 1650. The van der Waals surface area contributed by atoms with Crippen molar-refractivity contribution in [3.8, 4) is 33.5 Å². The molecule has 190 valence electrons. The number of nitriles is 1. The van der Waals surface area contributed by atoms with E-state index in [1.807, 2.05) is 41.8 Å². The summed E-state index contributed by atoms with van der Waals surface area (Å²) in [6.07, 6.45) is 0. The highest BCUT2D eigenvalue weighted by Gasteiger charge is 2.21. The van der Waals surface area contributed by atoms with Crippen molar-refractivity contribution in [2.75, 3.05) is 18.9 Å². The summed E-state index contributed by atoms with van der Waals surface area (Å²) in [5.74, 6) is 1.88. The standard InChI is InChI=1S/C27H21ClN6O2S2/c1-15-31-24(30)23-22(16-4-8-20(9-5-16)36-11-10-35)21(12-29)27(34-25(23)32-15)38-14-19-13-37-26(33-19)17-2-6-18(28)7-3-17/h2-9,13,35H,10-11,14H2,1H3,(H2,30,31,32,34). The molecule has 0 amide bonds. The van der Waals surface area contributed by atoms with Crippen LogP contribution in [0.25, 0.3) is 32.7 Å². The highest BCUT2D eigenvalue weighted by molar-refractivity contribution is 7.98. The molecule has 0 spiro atoms. The summed E-state index contributed by atoms with van der Waals surface area (Å²) in [5, 5.41) is 23.9. The number of nitrogens with zero attached hydrogens (tertiary/aromatic N) is 5. The van der Waals surface area contributed by atoms with Crippen molar-refractivity contribution in [3.63, 3.8) is 0 Å². The Labute approximate surface area is 232 Å². The third kappa shape index (κ3) is 5.42. The summed E-state index contributed by atoms with van der Waals surface area (Å²) in [5.41, 5.74) is 10.4. The molecule has 11 heteroatoms. The zero-order valence-electron chi connectivity index (χ0n) is 20.2. The van der Waals surface area contributed by atoms with E-state index in [2.05, 4.69) is 16.0 Å². The zero-order chi connectivity index (χ0) is 26.6. The smallest absolute Gasteiger partial charge is 0.166 e. The number of anilines is 1. The van der Waals surface area contributed by atoms with E-state index in [4.69, 9.17) is 37.1 Å². The second-order valence-electron chi connectivity index (χ2n) is 8.17. The molecule has 2 aromatic carbocycles. The zero-order valence-corrected chi connectivity index (χ0v) is 22.6. The minimum Gasteiger partial charge on any atom is -0.491 e. The maximum absolute atomic E-state index is 10.2. The molecule has 8 nitrogen and oxygen atoms in total. The first-order valence-corrected chi connectivity index (χ1v) is 13.8. The highest BCUT2D eigenvalue weighted by atomic mass is 35.5. The number of benzene rings is 2. The molecule has 0 radical (unpaired) electrons.